The Balaban J connectivity index is 1.51. The highest BCUT2D eigenvalue weighted by atomic mass is 15.2. The van der Waals surface area contributed by atoms with Gasteiger partial charge in [0.05, 0.1) is 0 Å². The van der Waals surface area contributed by atoms with Gasteiger partial charge in [-0.1, -0.05) is 32.1 Å². The van der Waals surface area contributed by atoms with Crippen LogP contribution in [0.3, 0.4) is 0 Å². The molecule has 0 bridgehead atoms. The van der Waals surface area contributed by atoms with Gasteiger partial charge in [-0.25, -0.2) is 0 Å². The second kappa shape index (κ2) is 4.66. The molecule has 1 N–H and O–H groups in total. The molecule has 0 aromatic heterocycles. The van der Waals surface area contributed by atoms with Crippen molar-refractivity contribution in [2.24, 2.45) is 5.92 Å². The van der Waals surface area contributed by atoms with Crippen LogP contribution in [-0.2, 0) is 0 Å². The summed E-state index contributed by atoms with van der Waals surface area (Å²) in [6.45, 7) is 5.22. The summed E-state index contributed by atoms with van der Waals surface area (Å²) in [4.78, 5) is 2.74. The lowest BCUT2D eigenvalue weighted by atomic mass is 9.80. The van der Waals surface area contributed by atoms with Crippen molar-refractivity contribution >= 4 is 0 Å². The normalized spacial score (nSPS) is 30.8. The van der Waals surface area contributed by atoms with Gasteiger partial charge < -0.3 is 10.2 Å². The Morgan fingerprint density at radius 3 is 2.69 bits per heavy atom. The second-order valence-corrected chi connectivity index (χ2v) is 6.28. The molecule has 2 heteroatoms. The molecule has 0 unspecified atom stereocenters. The van der Waals surface area contributed by atoms with Crippen LogP contribution in [-0.4, -0.2) is 36.6 Å². The Hall–Kier alpha value is -0.0800. The van der Waals surface area contributed by atoms with Crippen LogP contribution >= 0.6 is 0 Å². The minimum Gasteiger partial charge on any atom is -0.309 e. The van der Waals surface area contributed by atoms with Crippen LogP contribution in [0.1, 0.15) is 51.4 Å². The van der Waals surface area contributed by atoms with Crippen molar-refractivity contribution in [3.05, 3.63) is 0 Å². The van der Waals surface area contributed by atoms with Gasteiger partial charge in [-0.3, -0.25) is 0 Å². The highest BCUT2D eigenvalue weighted by Gasteiger charge is 2.36. The first-order valence-electron chi connectivity index (χ1n) is 7.34. The van der Waals surface area contributed by atoms with Gasteiger partial charge >= 0.3 is 0 Å². The molecule has 0 atom stereocenters. The third-order valence-electron chi connectivity index (χ3n) is 4.82. The van der Waals surface area contributed by atoms with Crippen LogP contribution in [0.25, 0.3) is 0 Å². The number of nitrogens with one attached hydrogen (secondary N) is 1. The third-order valence-corrected chi connectivity index (χ3v) is 4.82. The van der Waals surface area contributed by atoms with E-state index in [9.17, 15) is 0 Å². The molecule has 3 aliphatic rings. The van der Waals surface area contributed by atoms with Crippen LogP contribution in [0.15, 0.2) is 0 Å². The quantitative estimate of drug-likeness (QED) is 0.789. The highest BCUT2D eigenvalue weighted by molar-refractivity contribution is 4.96. The highest BCUT2D eigenvalue weighted by Crippen LogP contribution is 2.34. The average Bonchev–Trinajstić information content (AvgIpc) is 3.11. The largest absolute Gasteiger partial charge is 0.309 e. The van der Waals surface area contributed by atoms with Crippen molar-refractivity contribution in [1.29, 1.82) is 0 Å². The summed E-state index contributed by atoms with van der Waals surface area (Å²) in [5.41, 5.74) is 0.514. The smallest absolute Gasteiger partial charge is 0.0309 e. The summed E-state index contributed by atoms with van der Waals surface area (Å²) in [7, 11) is 0. The van der Waals surface area contributed by atoms with E-state index >= 15 is 0 Å². The number of hydrogen-bond donors (Lipinski definition) is 1. The lowest BCUT2D eigenvalue weighted by molar-refractivity contribution is 0.0975. The van der Waals surface area contributed by atoms with E-state index in [4.69, 9.17) is 0 Å². The molecule has 3 rings (SSSR count). The molecule has 1 aliphatic heterocycles. The zero-order valence-electron chi connectivity index (χ0n) is 10.5. The summed E-state index contributed by atoms with van der Waals surface area (Å²) in [5, 5.41) is 3.83. The first kappa shape index (κ1) is 11.0. The van der Waals surface area contributed by atoms with Crippen molar-refractivity contribution in [2.45, 2.75) is 56.9 Å². The van der Waals surface area contributed by atoms with Gasteiger partial charge in [0.15, 0.2) is 0 Å². The van der Waals surface area contributed by atoms with Gasteiger partial charge in [-0.2, -0.15) is 0 Å². The SMILES string of the molecule is C1CCC2(CC1)CN(CCC1CC1)CCN2. The molecule has 2 saturated carbocycles. The summed E-state index contributed by atoms with van der Waals surface area (Å²) in [6, 6.07) is 0. The van der Waals surface area contributed by atoms with E-state index in [-0.39, 0.29) is 0 Å². The van der Waals surface area contributed by atoms with E-state index in [1.54, 1.807) is 0 Å². The lowest BCUT2D eigenvalue weighted by Gasteiger charge is -2.46. The molecule has 1 heterocycles. The van der Waals surface area contributed by atoms with Crippen molar-refractivity contribution in [3.8, 4) is 0 Å². The molecule has 16 heavy (non-hydrogen) atoms. The molecule has 0 radical (unpaired) electrons. The monoisotopic (exact) mass is 222 g/mol. The Kier molecular flexibility index (Phi) is 3.21. The second-order valence-electron chi connectivity index (χ2n) is 6.28. The van der Waals surface area contributed by atoms with Gasteiger partial charge in [-0.05, 0) is 31.7 Å². The Labute approximate surface area is 99.8 Å². The maximum Gasteiger partial charge on any atom is 0.0309 e. The molecule has 1 saturated heterocycles. The summed E-state index contributed by atoms with van der Waals surface area (Å²) in [6.07, 6.45) is 11.7. The molecule has 0 aromatic rings. The molecule has 92 valence electrons. The first-order valence-corrected chi connectivity index (χ1v) is 7.34. The van der Waals surface area contributed by atoms with E-state index in [0.717, 1.165) is 5.92 Å². The summed E-state index contributed by atoms with van der Waals surface area (Å²) < 4.78 is 0. The van der Waals surface area contributed by atoms with Gasteiger partial charge in [0.2, 0.25) is 0 Å². The molecule has 0 aromatic carbocycles. The van der Waals surface area contributed by atoms with Crippen LogP contribution < -0.4 is 5.32 Å². The first-order chi connectivity index (χ1) is 7.86. The molecular weight excluding hydrogens is 196 g/mol. The summed E-state index contributed by atoms with van der Waals surface area (Å²) in [5.74, 6) is 1.09. The van der Waals surface area contributed by atoms with E-state index in [1.165, 1.54) is 77.5 Å². The van der Waals surface area contributed by atoms with Crippen molar-refractivity contribution < 1.29 is 0 Å². The zero-order chi connectivity index (χ0) is 10.8. The maximum absolute atomic E-state index is 3.83. The van der Waals surface area contributed by atoms with Crippen molar-refractivity contribution in [3.63, 3.8) is 0 Å². The van der Waals surface area contributed by atoms with Gasteiger partial charge in [-0.15, -0.1) is 0 Å². The standard InChI is InChI=1S/C14H26N2/c1-2-7-14(8-3-1)12-16(11-9-15-14)10-6-13-4-5-13/h13,15H,1-12H2. The number of piperazine rings is 1. The average molecular weight is 222 g/mol. The fourth-order valence-electron chi connectivity index (χ4n) is 3.57. The molecular formula is C14H26N2. The van der Waals surface area contributed by atoms with Gasteiger partial charge in [0.1, 0.15) is 0 Å². The Morgan fingerprint density at radius 2 is 1.94 bits per heavy atom. The number of rotatable bonds is 3. The maximum atomic E-state index is 3.83. The molecule has 2 nitrogen and oxygen atoms in total. The predicted octanol–water partition coefficient (Wildman–Crippen LogP) is 2.39. The molecule has 2 aliphatic carbocycles. The van der Waals surface area contributed by atoms with Crippen LogP contribution in [0.2, 0.25) is 0 Å². The van der Waals surface area contributed by atoms with Crippen LogP contribution in [0, 0.1) is 5.92 Å². The third kappa shape index (κ3) is 2.60. The zero-order valence-corrected chi connectivity index (χ0v) is 10.5. The lowest BCUT2D eigenvalue weighted by Crippen LogP contribution is -2.61. The minimum atomic E-state index is 0.514. The molecule has 1 spiro atoms. The van der Waals surface area contributed by atoms with Gasteiger partial charge in [0, 0.05) is 25.2 Å². The fourth-order valence-corrected chi connectivity index (χ4v) is 3.57. The van der Waals surface area contributed by atoms with Crippen molar-refractivity contribution in [2.75, 3.05) is 26.2 Å². The van der Waals surface area contributed by atoms with Gasteiger partial charge in [0.25, 0.3) is 0 Å². The Bertz CT molecular complexity index is 223. The van der Waals surface area contributed by atoms with E-state index in [2.05, 4.69) is 10.2 Å². The fraction of sp³-hybridized carbons (Fsp3) is 1.00. The number of nitrogens with zero attached hydrogens (tertiary/aromatic N) is 1. The van der Waals surface area contributed by atoms with E-state index in [0.29, 0.717) is 5.54 Å². The van der Waals surface area contributed by atoms with E-state index < -0.39 is 0 Å². The van der Waals surface area contributed by atoms with Crippen LogP contribution in [0.4, 0.5) is 0 Å². The van der Waals surface area contributed by atoms with Crippen LogP contribution in [0.5, 0.6) is 0 Å². The molecule has 0 amide bonds. The molecule has 3 fully saturated rings. The van der Waals surface area contributed by atoms with E-state index in [1.807, 2.05) is 0 Å². The number of hydrogen-bond acceptors (Lipinski definition) is 2. The predicted molar refractivity (Wildman–Crippen MR) is 67.6 cm³/mol. The topological polar surface area (TPSA) is 15.3 Å². The summed E-state index contributed by atoms with van der Waals surface area (Å²) >= 11 is 0. The Morgan fingerprint density at radius 1 is 1.12 bits per heavy atom. The minimum absolute atomic E-state index is 0.514. The van der Waals surface area contributed by atoms with Crippen molar-refractivity contribution in [1.82, 2.24) is 10.2 Å².